The van der Waals surface area contributed by atoms with Gasteiger partial charge in [-0.25, -0.2) is 0 Å². The summed E-state index contributed by atoms with van der Waals surface area (Å²) in [5, 5.41) is 3.28. The number of hydrogen-bond donors (Lipinski definition) is 1. The van der Waals surface area contributed by atoms with E-state index in [0.29, 0.717) is 22.7 Å². The van der Waals surface area contributed by atoms with Crippen molar-refractivity contribution in [1.29, 1.82) is 0 Å². The smallest absolute Gasteiger partial charge is 0.257 e. The van der Waals surface area contributed by atoms with Gasteiger partial charge in [-0.2, -0.15) is 0 Å². The lowest BCUT2D eigenvalue weighted by Gasteiger charge is -2.36. The molecule has 1 heterocycles. The molecule has 5 nitrogen and oxygen atoms in total. The first-order chi connectivity index (χ1) is 13.0. The number of carbonyl (C=O) groups excluding carboxylic acids is 2. The molecule has 2 amide bonds. The normalized spacial score (nSPS) is 14.2. The van der Waals surface area contributed by atoms with Gasteiger partial charge in [0.2, 0.25) is 5.91 Å². The van der Waals surface area contributed by atoms with Crippen LogP contribution in [0.3, 0.4) is 0 Å². The summed E-state index contributed by atoms with van der Waals surface area (Å²) in [5.74, 6) is -0.0420. The molecule has 0 spiro atoms. The Morgan fingerprint density at radius 2 is 1.74 bits per heavy atom. The van der Waals surface area contributed by atoms with Crippen LogP contribution < -0.4 is 10.2 Å². The maximum absolute atomic E-state index is 12.4. The molecule has 3 rings (SSSR count). The molecule has 2 aromatic rings. The summed E-state index contributed by atoms with van der Waals surface area (Å²) in [6.45, 7) is 5.00. The lowest BCUT2D eigenvalue weighted by atomic mass is 10.2. The molecule has 1 aliphatic heterocycles. The molecular weight excluding hydrogens is 430 g/mol. The highest BCUT2D eigenvalue weighted by Gasteiger charge is 2.20. The van der Waals surface area contributed by atoms with E-state index >= 15 is 0 Å². The molecule has 0 bridgehead atoms. The third-order valence-corrected chi connectivity index (χ3v) is 5.42. The van der Waals surface area contributed by atoms with Crippen molar-refractivity contribution in [3.8, 4) is 0 Å². The number of carbonyl (C=O) groups is 2. The van der Waals surface area contributed by atoms with Crippen LogP contribution in [-0.2, 0) is 4.79 Å². The van der Waals surface area contributed by atoms with E-state index in [9.17, 15) is 9.59 Å². The second-order valence-electron chi connectivity index (χ2n) is 6.35. The van der Waals surface area contributed by atoms with E-state index in [0.717, 1.165) is 36.3 Å². The summed E-state index contributed by atoms with van der Waals surface area (Å²) in [6, 6.07) is 12.9. The summed E-state index contributed by atoms with van der Waals surface area (Å²) in [6.07, 6.45) is 0.552. The zero-order valence-electron chi connectivity index (χ0n) is 15.0. The third kappa shape index (κ3) is 4.82. The van der Waals surface area contributed by atoms with E-state index in [1.165, 1.54) is 0 Å². The average molecular weight is 451 g/mol. The fraction of sp³-hybridized carbons (Fsp3) is 0.300. The average Bonchev–Trinajstić information content (AvgIpc) is 2.70. The molecule has 0 aromatic heterocycles. The number of nitrogens with one attached hydrogen (secondary N) is 1. The number of anilines is 2. The van der Waals surface area contributed by atoms with Gasteiger partial charge in [0.25, 0.3) is 5.91 Å². The summed E-state index contributed by atoms with van der Waals surface area (Å²) in [4.78, 5) is 28.4. The SMILES string of the molecule is CCC(=O)N1CCN(c2ccc(NC(=O)c3cc(Br)ccc3Cl)cc2)CC1. The molecule has 142 valence electrons. The Morgan fingerprint density at radius 3 is 2.37 bits per heavy atom. The first kappa shape index (κ1) is 19.7. The maximum atomic E-state index is 12.4. The van der Waals surface area contributed by atoms with Crippen LogP contribution in [-0.4, -0.2) is 42.9 Å². The molecule has 7 heteroatoms. The summed E-state index contributed by atoms with van der Waals surface area (Å²) in [5.41, 5.74) is 2.21. The zero-order chi connectivity index (χ0) is 19.4. The van der Waals surface area contributed by atoms with Crippen molar-refractivity contribution in [3.05, 3.63) is 57.5 Å². The van der Waals surface area contributed by atoms with Crippen LogP contribution in [0.4, 0.5) is 11.4 Å². The number of hydrogen-bond acceptors (Lipinski definition) is 3. The standard InChI is InChI=1S/C20H21BrClN3O2/c1-2-19(26)25-11-9-24(10-12-25)16-6-4-15(5-7-16)23-20(27)17-13-14(21)3-8-18(17)22/h3-8,13H,2,9-12H2,1H3,(H,23,27). The Kier molecular flexibility index (Phi) is 6.39. The number of amides is 2. The van der Waals surface area contributed by atoms with Crippen molar-refractivity contribution in [3.63, 3.8) is 0 Å². The predicted molar refractivity (Wildman–Crippen MR) is 113 cm³/mol. The molecule has 27 heavy (non-hydrogen) atoms. The van der Waals surface area contributed by atoms with E-state index < -0.39 is 0 Å². The van der Waals surface area contributed by atoms with E-state index in [-0.39, 0.29) is 11.8 Å². The second kappa shape index (κ2) is 8.76. The molecule has 1 N–H and O–H groups in total. The van der Waals surface area contributed by atoms with Gasteiger partial charge < -0.3 is 15.1 Å². The van der Waals surface area contributed by atoms with Crippen molar-refractivity contribution < 1.29 is 9.59 Å². The highest BCUT2D eigenvalue weighted by molar-refractivity contribution is 9.10. The number of nitrogens with zero attached hydrogens (tertiary/aromatic N) is 2. The van der Waals surface area contributed by atoms with Gasteiger partial charge in [0.1, 0.15) is 0 Å². The Balaban J connectivity index is 1.62. The van der Waals surface area contributed by atoms with Crippen molar-refractivity contribution in [2.75, 3.05) is 36.4 Å². The predicted octanol–water partition coefficient (Wildman–Crippen LogP) is 4.41. The van der Waals surface area contributed by atoms with Crippen LogP contribution in [0.15, 0.2) is 46.9 Å². The number of rotatable bonds is 4. The van der Waals surface area contributed by atoms with Crippen molar-refractivity contribution in [2.24, 2.45) is 0 Å². The van der Waals surface area contributed by atoms with Crippen LogP contribution in [0.5, 0.6) is 0 Å². The van der Waals surface area contributed by atoms with Gasteiger partial charge in [-0.3, -0.25) is 9.59 Å². The summed E-state index contributed by atoms with van der Waals surface area (Å²) >= 11 is 9.46. The molecule has 1 aliphatic rings. The Bertz CT molecular complexity index is 834. The second-order valence-corrected chi connectivity index (χ2v) is 7.67. The quantitative estimate of drug-likeness (QED) is 0.750. The van der Waals surface area contributed by atoms with Gasteiger partial charge >= 0.3 is 0 Å². The van der Waals surface area contributed by atoms with E-state index in [1.807, 2.05) is 36.1 Å². The van der Waals surface area contributed by atoms with E-state index in [4.69, 9.17) is 11.6 Å². The fourth-order valence-electron chi connectivity index (χ4n) is 3.06. The van der Waals surface area contributed by atoms with Crippen LogP contribution in [0, 0.1) is 0 Å². The van der Waals surface area contributed by atoms with Gasteiger partial charge in [0.15, 0.2) is 0 Å². The Hall–Kier alpha value is -2.05. The summed E-state index contributed by atoms with van der Waals surface area (Å²) in [7, 11) is 0. The Morgan fingerprint density at radius 1 is 1.07 bits per heavy atom. The molecule has 0 atom stereocenters. The van der Waals surface area contributed by atoms with Crippen molar-refractivity contribution >= 4 is 50.7 Å². The Labute approximate surface area is 172 Å². The topological polar surface area (TPSA) is 52.7 Å². The maximum Gasteiger partial charge on any atom is 0.257 e. The van der Waals surface area contributed by atoms with E-state index in [1.54, 1.807) is 18.2 Å². The molecule has 0 unspecified atom stereocenters. The minimum atomic E-state index is -0.249. The van der Waals surface area contributed by atoms with E-state index in [2.05, 4.69) is 26.1 Å². The number of piperazine rings is 1. The number of benzene rings is 2. The molecule has 2 aromatic carbocycles. The minimum absolute atomic E-state index is 0.207. The molecule has 0 aliphatic carbocycles. The lowest BCUT2D eigenvalue weighted by molar-refractivity contribution is -0.131. The molecular formula is C20H21BrClN3O2. The number of halogens is 2. The van der Waals surface area contributed by atoms with Gasteiger partial charge in [-0.1, -0.05) is 34.5 Å². The highest BCUT2D eigenvalue weighted by atomic mass is 79.9. The lowest BCUT2D eigenvalue weighted by Crippen LogP contribution is -2.48. The van der Waals surface area contributed by atoms with Crippen molar-refractivity contribution in [2.45, 2.75) is 13.3 Å². The van der Waals surface area contributed by atoms with Gasteiger partial charge in [-0.15, -0.1) is 0 Å². The van der Waals surface area contributed by atoms with Crippen LogP contribution >= 0.6 is 27.5 Å². The molecule has 0 saturated carbocycles. The first-order valence-corrected chi connectivity index (χ1v) is 10.0. The monoisotopic (exact) mass is 449 g/mol. The van der Waals surface area contributed by atoms with Gasteiger partial charge in [0, 0.05) is 48.4 Å². The van der Waals surface area contributed by atoms with Crippen LogP contribution in [0.2, 0.25) is 5.02 Å². The zero-order valence-corrected chi connectivity index (χ0v) is 17.4. The molecule has 1 saturated heterocycles. The third-order valence-electron chi connectivity index (χ3n) is 4.60. The van der Waals surface area contributed by atoms with Crippen LogP contribution in [0.25, 0.3) is 0 Å². The van der Waals surface area contributed by atoms with Crippen LogP contribution in [0.1, 0.15) is 23.7 Å². The van der Waals surface area contributed by atoms with Crippen molar-refractivity contribution in [1.82, 2.24) is 4.90 Å². The summed E-state index contributed by atoms with van der Waals surface area (Å²) < 4.78 is 0.799. The fourth-order valence-corrected chi connectivity index (χ4v) is 3.63. The van der Waals surface area contributed by atoms with Gasteiger partial charge in [-0.05, 0) is 42.5 Å². The highest BCUT2D eigenvalue weighted by Crippen LogP contribution is 2.24. The largest absolute Gasteiger partial charge is 0.368 e. The first-order valence-electron chi connectivity index (χ1n) is 8.87. The molecule has 0 radical (unpaired) electrons. The minimum Gasteiger partial charge on any atom is -0.368 e. The molecule has 1 fully saturated rings. The van der Waals surface area contributed by atoms with Gasteiger partial charge in [0.05, 0.1) is 10.6 Å².